The maximum Gasteiger partial charge on any atom is 0.256 e. The van der Waals surface area contributed by atoms with E-state index >= 15 is 0 Å². The van der Waals surface area contributed by atoms with Crippen LogP contribution in [0.5, 0.6) is 0 Å². The molecule has 2 rings (SSSR count). The van der Waals surface area contributed by atoms with Crippen LogP contribution in [-0.4, -0.2) is 56.7 Å². The van der Waals surface area contributed by atoms with Gasteiger partial charge in [-0.15, -0.1) is 4.83 Å². The highest BCUT2D eigenvalue weighted by molar-refractivity contribution is 7.89. The summed E-state index contributed by atoms with van der Waals surface area (Å²) in [6, 6.07) is 3.58. The van der Waals surface area contributed by atoms with Gasteiger partial charge in [0.15, 0.2) is 0 Å². The molecule has 0 amide bonds. The third-order valence-electron chi connectivity index (χ3n) is 3.22. The number of hydrogen-bond acceptors (Lipinski definition) is 5. The first-order chi connectivity index (χ1) is 9.42. The molecule has 1 fully saturated rings. The fourth-order valence-electron chi connectivity index (χ4n) is 1.98. The quantitative estimate of drug-likeness (QED) is 0.803. The highest BCUT2D eigenvalue weighted by Crippen LogP contribution is 2.16. The molecule has 0 unspecified atom stereocenters. The van der Waals surface area contributed by atoms with Gasteiger partial charge in [-0.2, -0.15) is 0 Å². The van der Waals surface area contributed by atoms with Crippen LogP contribution >= 0.6 is 0 Å². The lowest BCUT2D eigenvalue weighted by atomic mass is 10.2. The normalized spacial score (nSPS) is 18.4. The first-order valence-electron chi connectivity index (χ1n) is 6.27. The Morgan fingerprint density at radius 1 is 1.30 bits per heavy atom. The SMILES string of the molecule is CN1CCN(NS(=O)(=O)c2ccc(CO)cc2F)CC1. The van der Waals surface area contributed by atoms with Crippen molar-refractivity contribution in [1.29, 1.82) is 0 Å². The molecular weight excluding hydrogens is 285 g/mol. The third kappa shape index (κ3) is 3.53. The second kappa shape index (κ2) is 6.15. The molecule has 0 aromatic heterocycles. The summed E-state index contributed by atoms with van der Waals surface area (Å²) in [5.74, 6) is -0.863. The minimum absolute atomic E-state index is 0.330. The highest BCUT2D eigenvalue weighted by atomic mass is 32.2. The molecule has 1 aromatic rings. The van der Waals surface area contributed by atoms with E-state index in [-0.39, 0.29) is 6.61 Å². The predicted octanol–water partition coefficient (Wildman–Crippen LogP) is -0.241. The molecule has 112 valence electrons. The number of halogens is 1. The molecular formula is C12H18FN3O3S. The molecule has 1 aliphatic rings. The first kappa shape index (κ1) is 15.3. The summed E-state index contributed by atoms with van der Waals surface area (Å²) < 4.78 is 38.1. The van der Waals surface area contributed by atoms with Crippen molar-refractivity contribution in [3.63, 3.8) is 0 Å². The van der Waals surface area contributed by atoms with Crippen molar-refractivity contribution in [2.24, 2.45) is 0 Å². The summed E-state index contributed by atoms with van der Waals surface area (Å²) >= 11 is 0. The van der Waals surface area contributed by atoms with E-state index < -0.39 is 20.7 Å². The monoisotopic (exact) mass is 303 g/mol. The van der Waals surface area contributed by atoms with Crippen molar-refractivity contribution in [2.45, 2.75) is 11.5 Å². The van der Waals surface area contributed by atoms with Gasteiger partial charge in [0.25, 0.3) is 10.0 Å². The number of aliphatic hydroxyl groups excluding tert-OH is 1. The topological polar surface area (TPSA) is 72.9 Å². The Balaban J connectivity index is 2.14. The van der Waals surface area contributed by atoms with E-state index in [4.69, 9.17) is 5.11 Å². The number of hydrogen-bond donors (Lipinski definition) is 2. The molecule has 1 aliphatic heterocycles. The summed E-state index contributed by atoms with van der Waals surface area (Å²) in [6.07, 6.45) is 0. The minimum atomic E-state index is -3.93. The molecule has 1 aromatic carbocycles. The summed E-state index contributed by atoms with van der Waals surface area (Å²) in [7, 11) is -1.97. The summed E-state index contributed by atoms with van der Waals surface area (Å²) in [5.41, 5.74) is 0.334. The van der Waals surface area contributed by atoms with Gasteiger partial charge in [-0.05, 0) is 24.7 Å². The number of likely N-dealkylation sites (N-methyl/N-ethyl adjacent to an activating group) is 1. The van der Waals surface area contributed by atoms with Crippen LogP contribution in [-0.2, 0) is 16.6 Å². The Bertz CT molecular complexity index is 571. The minimum Gasteiger partial charge on any atom is -0.392 e. The van der Waals surface area contributed by atoms with Gasteiger partial charge in [0.05, 0.1) is 6.61 Å². The predicted molar refractivity (Wildman–Crippen MR) is 71.7 cm³/mol. The Labute approximate surface area is 117 Å². The number of aliphatic hydroxyl groups is 1. The van der Waals surface area contributed by atoms with Crippen molar-refractivity contribution >= 4 is 10.0 Å². The molecule has 0 atom stereocenters. The van der Waals surface area contributed by atoms with E-state index in [0.29, 0.717) is 18.7 Å². The zero-order valence-corrected chi connectivity index (χ0v) is 12.0. The Morgan fingerprint density at radius 3 is 2.50 bits per heavy atom. The van der Waals surface area contributed by atoms with Crippen LogP contribution in [0.15, 0.2) is 23.1 Å². The lowest BCUT2D eigenvalue weighted by molar-refractivity contribution is 0.134. The van der Waals surface area contributed by atoms with Crippen molar-refractivity contribution in [1.82, 2.24) is 14.7 Å². The molecule has 0 saturated carbocycles. The van der Waals surface area contributed by atoms with Crippen LogP contribution in [0.1, 0.15) is 5.56 Å². The molecule has 1 heterocycles. The van der Waals surface area contributed by atoms with Crippen molar-refractivity contribution in [3.8, 4) is 0 Å². The van der Waals surface area contributed by atoms with Crippen LogP contribution in [0.25, 0.3) is 0 Å². The number of nitrogens with one attached hydrogen (secondary N) is 1. The highest BCUT2D eigenvalue weighted by Gasteiger charge is 2.24. The summed E-state index contributed by atoms with van der Waals surface area (Å²) in [6.45, 7) is 2.25. The standard InChI is InChI=1S/C12H18FN3O3S/c1-15-4-6-16(7-5-15)14-20(18,19)12-3-2-10(9-17)8-11(12)13/h2-3,8,14,17H,4-7,9H2,1H3. The summed E-state index contributed by atoms with van der Waals surface area (Å²) in [5, 5.41) is 10.5. The maximum atomic E-state index is 13.8. The smallest absolute Gasteiger partial charge is 0.256 e. The van der Waals surface area contributed by atoms with Crippen molar-refractivity contribution in [2.75, 3.05) is 33.2 Å². The van der Waals surface area contributed by atoms with Crippen LogP contribution in [0.3, 0.4) is 0 Å². The second-order valence-electron chi connectivity index (χ2n) is 4.81. The summed E-state index contributed by atoms with van der Waals surface area (Å²) in [4.78, 5) is 4.06. The number of sulfonamides is 1. The lowest BCUT2D eigenvalue weighted by Crippen LogP contribution is -2.52. The Hall–Kier alpha value is -1.06. The molecule has 20 heavy (non-hydrogen) atoms. The van der Waals surface area contributed by atoms with Crippen LogP contribution in [0, 0.1) is 5.82 Å². The van der Waals surface area contributed by atoms with Gasteiger partial charge in [-0.1, -0.05) is 6.07 Å². The van der Waals surface area contributed by atoms with E-state index in [1.807, 2.05) is 7.05 Å². The molecule has 0 spiro atoms. The average molecular weight is 303 g/mol. The van der Waals surface area contributed by atoms with E-state index in [0.717, 1.165) is 19.2 Å². The van der Waals surface area contributed by atoms with E-state index in [1.165, 1.54) is 12.1 Å². The van der Waals surface area contributed by atoms with Crippen LogP contribution < -0.4 is 4.83 Å². The molecule has 6 nitrogen and oxygen atoms in total. The molecule has 0 bridgehead atoms. The fraction of sp³-hybridized carbons (Fsp3) is 0.500. The Morgan fingerprint density at radius 2 is 1.95 bits per heavy atom. The van der Waals surface area contributed by atoms with Gasteiger partial charge < -0.3 is 10.0 Å². The molecule has 8 heteroatoms. The van der Waals surface area contributed by atoms with Gasteiger partial charge in [0.2, 0.25) is 0 Å². The van der Waals surface area contributed by atoms with E-state index in [2.05, 4.69) is 9.73 Å². The van der Waals surface area contributed by atoms with Gasteiger partial charge in [0.1, 0.15) is 10.7 Å². The lowest BCUT2D eigenvalue weighted by Gasteiger charge is -2.32. The maximum absolute atomic E-state index is 13.8. The average Bonchev–Trinajstić information content (AvgIpc) is 2.40. The number of nitrogens with zero attached hydrogens (tertiary/aromatic N) is 2. The number of rotatable bonds is 4. The van der Waals surface area contributed by atoms with E-state index in [1.54, 1.807) is 5.01 Å². The fourth-order valence-corrected chi connectivity index (χ4v) is 3.16. The number of piperazine rings is 1. The molecule has 0 radical (unpaired) electrons. The Kier molecular flexibility index (Phi) is 4.71. The molecule has 0 aliphatic carbocycles. The largest absolute Gasteiger partial charge is 0.392 e. The number of hydrazine groups is 1. The van der Waals surface area contributed by atoms with Gasteiger partial charge in [0, 0.05) is 26.2 Å². The molecule has 1 saturated heterocycles. The van der Waals surface area contributed by atoms with Gasteiger partial charge >= 0.3 is 0 Å². The van der Waals surface area contributed by atoms with Crippen LogP contribution in [0.4, 0.5) is 4.39 Å². The zero-order valence-electron chi connectivity index (χ0n) is 11.2. The molecule has 2 N–H and O–H groups in total. The van der Waals surface area contributed by atoms with Gasteiger partial charge in [-0.25, -0.2) is 17.8 Å². The van der Waals surface area contributed by atoms with Crippen molar-refractivity contribution < 1.29 is 17.9 Å². The zero-order chi connectivity index (χ0) is 14.8. The number of benzene rings is 1. The van der Waals surface area contributed by atoms with E-state index in [9.17, 15) is 12.8 Å². The third-order valence-corrected chi connectivity index (χ3v) is 4.63. The van der Waals surface area contributed by atoms with Gasteiger partial charge in [-0.3, -0.25) is 0 Å². The second-order valence-corrected chi connectivity index (χ2v) is 6.44. The van der Waals surface area contributed by atoms with Crippen molar-refractivity contribution in [3.05, 3.63) is 29.6 Å². The first-order valence-corrected chi connectivity index (χ1v) is 7.76. The van der Waals surface area contributed by atoms with Crippen LogP contribution in [0.2, 0.25) is 0 Å².